The number of aromatic nitrogens is 1. The standard InChI is InChI=1S/C11H14N2O3/c1-16-11(15)9-2-3-12-10(4-9)13-5-8(6-13)7-14/h2-4,8,14H,5-7H2,1H3. The number of hydrogen-bond donors (Lipinski definition) is 1. The van der Waals surface area contributed by atoms with Crippen molar-refractivity contribution in [3.8, 4) is 0 Å². The van der Waals surface area contributed by atoms with Gasteiger partial charge in [0, 0.05) is 31.8 Å². The molecule has 5 heteroatoms. The van der Waals surface area contributed by atoms with E-state index in [1.165, 1.54) is 7.11 Å². The Labute approximate surface area is 93.7 Å². The van der Waals surface area contributed by atoms with E-state index in [4.69, 9.17) is 5.11 Å². The number of carbonyl (C=O) groups is 1. The molecule has 1 aliphatic rings. The molecule has 86 valence electrons. The molecular weight excluding hydrogens is 208 g/mol. The summed E-state index contributed by atoms with van der Waals surface area (Å²) in [5, 5.41) is 8.91. The molecule has 1 N–H and O–H groups in total. The van der Waals surface area contributed by atoms with E-state index in [1.807, 2.05) is 4.90 Å². The number of carbonyl (C=O) groups excluding carboxylic acids is 1. The van der Waals surface area contributed by atoms with Gasteiger partial charge in [-0.25, -0.2) is 9.78 Å². The van der Waals surface area contributed by atoms with Crippen LogP contribution in [-0.2, 0) is 4.74 Å². The molecule has 0 bridgehead atoms. The molecule has 1 fully saturated rings. The van der Waals surface area contributed by atoms with Crippen LogP contribution >= 0.6 is 0 Å². The second kappa shape index (κ2) is 4.49. The summed E-state index contributed by atoms with van der Waals surface area (Å²) in [6.45, 7) is 1.77. The molecule has 0 radical (unpaired) electrons. The maximum absolute atomic E-state index is 11.3. The summed E-state index contributed by atoms with van der Waals surface area (Å²) in [6.07, 6.45) is 1.59. The predicted molar refractivity (Wildman–Crippen MR) is 58.4 cm³/mol. The van der Waals surface area contributed by atoms with Crippen LogP contribution in [0.3, 0.4) is 0 Å². The second-order valence-corrected chi connectivity index (χ2v) is 3.85. The van der Waals surface area contributed by atoms with Crippen molar-refractivity contribution in [2.75, 3.05) is 31.7 Å². The molecule has 1 aromatic rings. The van der Waals surface area contributed by atoms with Crippen LogP contribution in [0.2, 0.25) is 0 Å². The zero-order valence-corrected chi connectivity index (χ0v) is 9.09. The lowest BCUT2D eigenvalue weighted by Crippen LogP contribution is -2.48. The van der Waals surface area contributed by atoms with E-state index in [1.54, 1.807) is 18.3 Å². The minimum atomic E-state index is -0.358. The number of aliphatic hydroxyl groups excluding tert-OH is 1. The van der Waals surface area contributed by atoms with Gasteiger partial charge in [-0.1, -0.05) is 0 Å². The maximum Gasteiger partial charge on any atom is 0.338 e. The van der Waals surface area contributed by atoms with E-state index in [2.05, 4.69) is 9.72 Å². The summed E-state index contributed by atoms with van der Waals surface area (Å²) in [4.78, 5) is 17.5. The van der Waals surface area contributed by atoms with Crippen LogP contribution in [0.15, 0.2) is 18.3 Å². The molecule has 0 spiro atoms. The van der Waals surface area contributed by atoms with E-state index in [9.17, 15) is 4.79 Å². The zero-order valence-electron chi connectivity index (χ0n) is 9.09. The third-order valence-electron chi connectivity index (χ3n) is 2.71. The first-order chi connectivity index (χ1) is 7.74. The summed E-state index contributed by atoms with van der Waals surface area (Å²) >= 11 is 0. The molecule has 5 nitrogen and oxygen atoms in total. The molecule has 2 rings (SSSR count). The smallest absolute Gasteiger partial charge is 0.338 e. The normalized spacial score (nSPS) is 15.8. The Bertz CT molecular complexity index is 389. The van der Waals surface area contributed by atoms with Crippen LogP contribution in [0, 0.1) is 5.92 Å². The molecule has 1 aliphatic heterocycles. The summed E-state index contributed by atoms with van der Waals surface area (Å²) in [5.41, 5.74) is 0.500. The highest BCUT2D eigenvalue weighted by Crippen LogP contribution is 2.22. The van der Waals surface area contributed by atoms with Crippen LogP contribution in [0.5, 0.6) is 0 Å². The fourth-order valence-corrected chi connectivity index (χ4v) is 1.71. The van der Waals surface area contributed by atoms with E-state index in [0.717, 1.165) is 18.9 Å². The predicted octanol–water partition coefficient (Wildman–Crippen LogP) is 0.297. The third kappa shape index (κ3) is 1.99. The van der Waals surface area contributed by atoms with Gasteiger partial charge in [-0.05, 0) is 12.1 Å². The Morgan fingerprint density at radius 1 is 1.69 bits per heavy atom. The highest BCUT2D eigenvalue weighted by atomic mass is 16.5. The van der Waals surface area contributed by atoms with Gasteiger partial charge in [0.25, 0.3) is 0 Å². The number of aliphatic hydroxyl groups is 1. The molecule has 0 aromatic carbocycles. The molecule has 16 heavy (non-hydrogen) atoms. The van der Waals surface area contributed by atoms with Crippen molar-refractivity contribution in [2.45, 2.75) is 0 Å². The van der Waals surface area contributed by atoms with Gasteiger partial charge in [-0.3, -0.25) is 0 Å². The number of pyridine rings is 1. The molecule has 1 saturated heterocycles. The fourth-order valence-electron chi connectivity index (χ4n) is 1.71. The number of hydrogen-bond acceptors (Lipinski definition) is 5. The van der Waals surface area contributed by atoms with Crippen molar-refractivity contribution >= 4 is 11.8 Å². The molecule has 1 aromatic heterocycles. The lowest BCUT2D eigenvalue weighted by molar-refractivity contribution is 0.0600. The van der Waals surface area contributed by atoms with Crippen molar-refractivity contribution in [3.05, 3.63) is 23.9 Å². The third-order valence-corrected chi connectivity index (χ3v) is 2.71. The molecule has 0 unspecified atom stereocenters. The molecule has 0 aliphatic carbocycles. The highest BCUT2D eigenvalue weighted by Gasteiger charge is 2.27. The van der Waals surface area contributed by atoms with Crippen LogP contribution in [-0.4, -0.2) is 42.9 Å². The van der Waals surface area contributed by atoms with Crippen LogP contribution in [0.4, 0.5) is 5.82 Å². The SMILES string of the molecule is COC(=O)c1ccnc(N2CC(CO)C2)c1. The Hall–Kier alpha value is -1.62. The Balaban J connectivity index is 2.09. The summed E-state index contributed by atoms with van der Waals surface area (Å²) in [5.74, 6) is 0.721. The first-order valence-corrected chi connectivity index (χ1v) is 5.14. The van der Waals surface area contributed by atoms with E-state index >= 15 is 0 Å². The average Bonchev–Trinajstić information content (AvgIpc) is 2.27. The van der Waals surface area contributed by atoms with Gasteiger partial charge in [-0.15, -0.1) is 0 Å². The summed E-state index contributed by atoms with van der Waals surface area (Å²) < 4.78 is 4.64. The van der Waals surface area contributed by atoms with Gasteiger partial charge in [0.1, 0.15) is 5.82 Å². The lowest BCUT2D eigenvalue weighted by Gasteiger charge is -2.39. The highest BCUT2D eigenvalue weighted by molar-refractivity contribution is 5.90. The van der Waals surface area contributed by atoms with Crippen LogP contribution < -0.4 is 4.90 Å². The molecule has 0 saturated carbocycles. The summed E-state index contributed by atoms with van der Waals surface area (Å²) in [6, 6.07) is 3.33. The van der Waals surface area contributed by atoms with Crippen molar-refractivity contribution in [3.63, 3.8) is 0 Å². The Kier molecular flexibility index (Phi) is 3.05. The van der Waals surface area contributed by atoms with Crippen molar-refractivity contribution in [2.24, 2.45) is 5.92 Å². The van der Waals surface area contributed by atoms with Gasteiger partial charge in [0.05, 0.1) is 12.7 Å². The minimum Gasteiger partial charge on any atom is -0.465 e. The molecule has 0 amide bonds. The van der Waals surface area contributed by atoms with Gasteiger partial charge < -0.3 is 14.7 Å². The number of esters is 1. The van der Waals surface area contributed by atoms with Crippen LogP contribution in [0.25, 0.3) is 0 Å². The van der Waals surface area contributed by atoms with Crippen molar-refractivity contribution < 1.29 is 14.6 Å². The topological polar surface area (TPSA) is 62.7 Å². The number of ether oxygens (including phenoxy) is 1. The minimum absolute atomic E-state index is 0.202. The Morgan fingerprint density at radius 2 is 2.44 bits per heavy atom. The van der Waals surface area contributed by atoms with Gasteiger partial charge >= 0.3 is 5.97 Å². The first kappa shape index (κ1) is 10.9. The lowest BCUT2D eigenvalue weighted by atomic mass is 10.0. The van der Waals surface area contributed by atoms with Crippen LogP contribution in [0.1, 0.15) is 10.4 Å². The molecular formula is C11H14N2O3. The Morgan fingerprint density at radius 3 is 3.06 bits per heavy atom. The number of methoxy groups -OCH3 is 1. The van der Waals surface area contributed by atoms with Gasteiger partial charge in [-0.2, -0.15) is 0 Å². The number of nitrogens with zero attached hydrogens (tertiary/aromatic N) is 2. The van der Waals surface area contributed by atoms with E-state index in [-0.39, 0.29) is 12.6 Å². The number of rotatable bonds is 3. The monoisotopic (exact) mass is 222 g/mol. The van der Waals surface area contributed by atoms with Crippen molar-refractivity contribution in [1.29, 1.82) is 0 Å². The van der Waals surface area contributed by atoms with E-state index < -0.39 is 0 Å². The van der Waals surface area contributed by atoms with Crippen molar-refractivity contribution in [1.82, 2.24) is 4.98 Å². The molecule has 0 atom stereocenters. The molecule has 2 heterocycles. The largest absolute Gasteiger partial charge is 0.465 e. The first-order valence-electron chi connectivity index (χ1n) is 5.14. The summed E-state index contributed by atoms with van der Waals surface area (Å²) in [7, 11) is 1.36. The quantitative estimate of drug-likeness (QED) is 0.745. The maximum atomic E-state index is 11.3. The second-order valence-electron chi connectivity index (χ2n) is 3.85. The van der Waals surface area contributed by atoms with Gasteiger partial charge in [0.15, 0.2) is 0 Å². The fraction of sp³-hybridized carbons (Fsp3) is 0.455. The van der Waals surface area contributed by atoms with E-state index in [0.29, 0.717) is 11.5 Å². The number of anilines is 1. The zero-order chi connectivity index (χ0) is 11.5. The average molecular weight is 222 g/mol. The van der Waals surface area contributed by atoms with Gasteiger partial charge in [0.2, 0.25) is 0 Å².